The first-order valence-corrected chi connectivity index (χ1v) is 4.12. The van der Waals surface area contributed by atoms with Crippen molar-refractivity contribution in [1.82, 2.24) is 9.97 Å². The van der Waals surface area contributed by atoms with E-state index in [0.29, 0.717) is 18.2 Å². The van der Waals surface area contributed by atoms with Gasteiger partial charge in [0.2, 0.25) is 0 Å². The second-order valence-corrected chi connectivity index (χ2v) is 2.56. The first-order chi connectivity index (χ1) is 6.26. The Hall–Kier alpha value is -1.36. The molecular weight excluding hydrogens is 168 g/mol. The molecule has 0 unspecified atom stereocenters. The normalized spacial score (nSPS) is 10.0. The molecular formula is C8H14N4O. The maximum absolute atomic E-state index is 5.57. The molecule has 5 nitrogen and oxygen atoms in total. The summed E-state index contributed by atoms with van der Waals surface area (Å²) < 4.78 is 4.91. The fourth-order valence-corrected chi connectivity index (χ4v) is 0.983. The predicted octanol–water partition coefficient (Wildman–Crippen LogP) is 0.637. The summed E-state index contributed by atoms with van der Waals surface area (Å²) in [5, 5.41) is 3.06. The molecule has 1 aromatic rings. The SMILES string of the molecule is CCNc1cc(N)nc(COC)n1. The zero-order valence-electron chi connectivity index (χ0n) is 7.87. The van der Waals surface area contributed by atoms with Gasteiger partial charge < -0.3 is 15.8 Å². The Kier molecular flexibility index (Phi) is 3.45. The van der Waals surface area contributed by atoms with E-state index >= 15 is 0 Å². The summed E-state index contributed by atoms with van der Waals surface area (Å²) in [6.07, 6.45) is 0. The minimum absolute atomic E-state index is 0.378. The maximum atomic E-state index is 5.57. The van der Waals surface area contributed by atoms with Crippen LogP contribution in [0.25, 0.3) is 0 Å². The molecule has 0 spiro atoms. The lowest BCUT2D eigenvalue weighted by Crippen LogP contribution is -2.06. The second kappa shape index (κ2) is 4.61. The van der Waals surface area contributed by atoms with E-state index < -0.39 is 0 Å². The van der Waals surface area contributed by atoms with Crippen LogP contribution in [0.4, 0.5) is 11.6 Å². The Balaban J connectivity index is 2.83. The highest BCUT2D eigenvalue weighted by Crippen LogP contribution is 2.08. The highest BCUT2D eigenvalue weighted by atomic mass is 16.5. The minimum Gasteiger partial charge on any atom is -0.384 e. The lowest BCUT2D eigenvalue weighted by atomic mass is 10.5. The van der Waals surface area contributed by atoms with Crippen LogP contribution in [-0.2, 0) is 11.3 Å². The summed E-state index contributed by atoms with van der Waals surface area (Å²) in [7, 11) is 1.60. The van der Waals surface area contributed by atoms with Gasteiger partial charge in [0.1, 0.15) is 18.2 Å². The van der Waals surface area contributed by atoms with Crippen molar-refractivity contribution in [3.63, 3.8) is 0 Å². The van der Waals surface area contributed by atoms with E-state index in [9.17, 15) is 0 Å². The second-order valence-electron chi connectivity index (χ2n) is 2.56. The van der Waals surface area contributed by atoms with Crippen LogP contribution in [-0.4, -0.2) is 23.6 Å². The third-order valence-corrected chi connectivity index (χ3v) is 1.42. The van der Waals surface area contributed by atoms with Crippen molar-refractivity contribution in [2.24, 2.45) is 0 Å². The zero-order valence-corrected chi connectivity index (χ0v) is 7.87. The molecule has 0 aliphatic rings. The van der Waals surface area contributed by atoms with Gasteiger partial charge >= 0.3 is 0 Å². The largest absolute Gasteiger partial charge is 0.384 e. The number of ether oxygens (including phenoxy) is 1. The van der Waals surface area contributed by atoms with E-state index in [4.69, 9.17) is 10.5 Å². The third kappa shape index (κ3) is 2.87. The number of nitrogens with two attached hydrogens (primary N) is 1. The van der Waals surface area contributed by atoms with Crippen LogP contribution in [0.3, 0.4) is 0 Å². The van der Waals surface area contributed by atoms with E-state index in [-0.39, 0.29) is 0 Å². The molecule has 0 aromatic carbocycles. The van der Waals surface area contributed by atoms with Gasteiger partial charge in [0.15, 0.2) is 5.82 Å². The van der Waals surface area contributed by atoms with Crippen LogP contribution < -0.4 is 11.1 Å². The molecule has 72 valence electrons. The van der Waals surface area contributed by atoms with Crippen LogP contribution in [0, 0.1) is 0 Å². The monoisotopic (exact) mass is 182 g/mol. The molecule has 0 fully saturated rings. The molecule has 0 radical (unpaired) electrons. The topological polar surface area (TPSA) is 73.1 Å². The number of nitrogens with one attached hydrogen (secondary N) is 1. The highest BCUT2D eigenvalue weighted by Gasteiger charge is 2.00. The standard InChI is InChI=1S/C8H14N4O/c1-3-10-7-4-6(9)11-8(12-7)5-13-2/h4H,3,5H2,1-2H3,(H3,9,10,11,12). The maximum Gasteiger partial charge on any atom is 0.158 e. The van der Waals surface area contributed by atoms with Gasteiger partial charge in [0, 0.05) is 19.7 Å². The first kappa shape index (κ1) is 9.73. The van der Waals surface area contributed by atoms with Crippen molar-refractivity contribution in [2.45, 2.75) is 13.5 Å². The fraction of sp³-hybridized carbons (Fsp3) is 0.500. The quantitative estimate of drug-likeness (QED) is 0.714. The Labute approximate surface area is 77.3 Å². The number of nitrogens with zero attached hydrogens (tertiary/aromatic N) is 2. The van der Waals surface area contributed by atoms with Crippen molar-refractivity contribution in [1.29, 1.82) is 0 Å². The number of methoxy groups -OCH3 is 1. The van der Waals surface area contributed by atoms with Crippen LogP contribution >= 0.6 is 0 Å². The predicted molar refractivity (Wildman–Crippen MR) is 51.3 cm³/mol. The molecule has 0 saturated heterocycles. The lowest BCUT2D eigenvalue weighted by Gasteiger charge is -2.05. The van der Waals surface area contributed by atoms with E-state index in [2.05, 4.69) is 15.3 Å². The molecule has 1 heterocycles. The Bertz CT molecular complexity index is 253. The van der Waals surface area contributed by atoms with Gasteiger partial charge in [-0.05, 0) is 6.92 Å². The first-order valence-electron chi connectivity index (χ1n) is 4.12. The Morgan fingerprint density at radius 3 is 2.92 bits per heavy atom. The van der Waals surface area contributed by atoms with Gasteiger partial charge in [-0.1, -0.05) is 0 Å². The molecule has 0 aliphatic carbocycles. The van der Waals surface area contributed by atoms with Gasteiger partial charge in [-0.2, -0.15) is 0 Å². The van der Waals surface area contributed by atoms with Gasteiger partial charge in [0.05, 0.1) is 0 Å². The molecule has 3 N–H and O–H groups in total. The lowest BCUT2D eigenvalue weighted by molar-refractivity contribution is 0.178. The third-order valence-electron chi connectivity index (χ3n) is 1.42. The molecule has 0 bridgehead atoms. The zero-order chi connectivity index (χ0) is 9.68. The van der Waals surface area contributed by atoms with Crippen molar-refractivity contribution in [3.05, 3.63) is 11.9 Å². The van der Waals surface area contributed by atoms with Crippen LogP contribution in [0.2, 0.25) is 0 Å². The molecule has 5 heteroatoms. The molecule has 0 aliphatic heterocycles. The van der Waals surface area contributed by atoms with E-state index in [1.54, 1.807) is 13.2 Å². The molecule has 13 heavy (non-hydrogen) atoms. The fourth-order valence-electron chi connectivity index (χ4n) is 0.983. The highest BCUT2D eigenvalue weighted by molar-refractivity contribution is 5.44. The Morgan fingerprint density at radius 1 is 1.54 bits per heavy atom. The molecule has 1 aromatic heterocycles. The summed E-state index contributed by atoms with van der Waals surface area (Å²) in [4.78, 5) is 8.19. The smallest absolute Gasteiger partial charge is 0.158 e. The molecule has 0 amide bonds. The van der Waals surface area contributed by atoms with Crippen LogP contribution in [0.5, 0.6) is 0 Å². The summed E-state index contributed by atoms with van der Waals surface area (Å²) in [5.41, 5.74) is 5.57. The van der Waals surface area contributed by atoms with Gasteiger partial charge in [-0.3, -0.25) is 0 Å². The summed E-state index contributed by atoms with van der Waals surface area (Å²) in [5.74, 6) is 1.79. The van der Waals surface area contributed by atoms with Crippen LogP contribution in [0.1, 0.15) is 12.7 Å². The molecule has 1 rings (SSSR count). The molecule has 0 atom stereocenters. The number of rotatable bonds is 4. The summed E-state index contributed by atoms with van der Waals surface area (Å²) in [6.45, 7) is 3.18. The summed E-state index contributed by atoms with van der Waals surface area (Å²) in [6, 6.07) is 1.70. The van der Waals surface area contributed by atoms with Crippen molar-refractivity contribution in [2.75, 3.05) is 24.7 Å². The number of hydrogen-bond acceptors (Lipinski definition) is 5. The van der Waals surface area contributed by atoms with Crippen molar-refractivity contribution in [3.8, 4) is 0 Å². The van der Waals surface area contributed by atoms with E-state index in [1.165, 1.54) is 0 Å². The van der Waals surface area contributed by atoms with Crippen molar-refractivity contribution < 1.29 is 4.74 Å². The molecule has 0 saturated carbocycles. The van der Waals surface area contributed by atoms with Gasteiger partial charge in [0.25, 0.3) is 0 Å². The minimum atomic E-state index is 0.378. The number of aromatic nitrogens is 2. The van der Waals surface area contributed by atoms with Gasteiger partial charge in [-0.25, -0.2) is 9.97 Å². The average Bonchev–Trinajstić information content (AvgIpc) is 2.04. The number of anilines is 2. The Morgan fingerprint density at radius 2 is 2.31 bits per heavy atom. The van der Waals surface area contributed by atoms with Crippen molar-refractivity contribution >= 4 is 11.6 Å². The number of hydrogen-bond donors (Lipinski definition) is 2. The average molecular weight is 182 g/mol. The number of nitrogen functional groups attached to an aromatic ring is 1. The summed E-state index contributed by atoms with van der Waals surface area (Å²) >= 11 is 0. The van der Waals surface area contributed by atoms with E-state index in [1.807, 2.05) is 6.92 Å². The van der Waals surface area contributed by atoms with Gasteiger partial charge in [-0.15, -0.1) is 0 Å². The van der Waals surface area contributed by atoms with E-state index in [0.717, 1.165) is 12.4 Å². The van der Waals surface area contributed by atoms with Crippen LogP contribution in [0.15, 0.2) is 6.07 Å².